The molecule has 0 atom stereocenters. The summed E-state index contributed by atoms with van der Waals surface area (Å²) in [6, 6.07) is 9.62. The molecule has 3 heterocycles. The largest absolute Gasteiger partial charge is 0.365 e. The van der Waals surface area contributed by atoms with E-state index < -0.39 is 0 Å². The van der Waals surface area contributed by atoms with Gasteiger partial charge in [0.1, 0.15) is 5.69 Å². The molecule has 30 heavy (non-hydrogen) atoms. The van der Waals surface area contributed by atoms with E-state index in [9.17, 15) is 4.79 Å². The number of nitrogens with one attached hydrogen (secondary N) is 1. The Morgan fingerprint density at radius 3 is 2.53 bits per heavy atom. The van der Waals surface area contributed by atoms with E-state index in [2.05, 4.69) is 20.2 Å². The lowest BCUT2D eigenvalue weighted by molar-refractivity contribution is 0.0628. The van der Waals surface area contributed by atoms with E-state index in [4.69, 9.17) is 23.2 Å². The van der Waals surface area contributed by atoms with Gasteiger partial charge < -0.3 is 10.2 Å². The van der Waals surface area contributed by atoms with Crippen molar-refractivity contribution in [2.45, 2.75) is 6.54 Å². The van der Waals surface area contributed by atoms with Crippen LogP contribution in [0.3, 0.4) is 0 Å². The fourth-order valence-corrected chi connectivity index (χ4v) is 4.35. The number of amides is 1. The van der Waals surface area contributed by atoms with Crippen LogP contribution in [-0.4, -0.2) is 58.9 Å². The predicted molar refractivity (Wildman–Crippen MR) is 123 cm³/mol. The quantitative estimate of drug-likeness (QED) is 0.605. The average Bonchev–Trinajstić information content (AvgIpc) is 3.25. The molecule has 3 aromatic rings. The molecule has 0 radical (unpaired) electrons. The van der Waals surface area contributed by atoms with Gasteiger partial charge in [-0.25, -0.2) is 4.98 Å². The van der Waals surface area contributed by atoms with E-state index >= 15 is 0 Å². The van der Waals surface area contributed by atoms with Crippen molar-refractivity contribution in [1.29, 1.82) is 0 Å². The molecule has 1 aliphatic rings. The molecule has 0 bridgehead atoms. The first-order chi connectivity index (χ1) is 14.5. The van der Waals surface area contributed by atoms with Crippen molar-refractivity contribution in [1.82, 2.24) is 19.8 Å². The van der Waals surface area contributed by atoms with Gasteiger partial charge in [-0.2, -0.15) is 0 Å². The van der Waals surface area contributed by atoms with E-state index in [0.717, 1.165) is 35.5 Å². The topological polar surface area (TPSA) is 61.4 Å². The minimum absolute atomic E-state index is 0.0705. The lowest BCUT2D eigenvalue weighted by Crippen LogP contribution is -2.48. The number of carbonyl (C=O) groups is 1. The minimum Gasteiger partial charge on any atom is -0.365 e. The van der Waals surface area contributed by atoms with Crippen molar-refractivity contribution >= 4 is 45.6 Å². The summed E-state index contributed by atoms with van der Waals surface area (Å²) in [4.78, 5) is 26.1. The monoisotopic (exact) mass is 461 g/mol. The first-order valence-corrected chi connectivity index (χ1v) is 11.2. The van der Waals surface area contributed by atoms with Crippen LogP contribution in [0.2, 0.25) is 10.0 Å². The molecular weight excluding hydrogens is 441 g/mol. The summed E-state index contributed by atoms with van der Waals surface area (Å²) >= 11 is 13.8. The summed E-state index contributed by atoms with van der Waals surface area (Å²) < 4.78 is 0. The number of rotatable bonds is 5. The zero-order valence-electron chi connectivity index (χ0n) is 16.4. The van der Waals surface area contributed by atoms with Gasteiger partial charge in [0.25, 0.3) is 5.91 Å². The second kappa shape index (κ2) is 9.31. The third kappa shape index (κ3) is 4.75. The van der Waals surface area contributed by atoms with Gasteiger partial charge in [-0.1, -0.05) is 35.3 Å². The minimum atomic E-state index is -0.0705. The standard InChI is InChI=1S/C21H21Cl2N5OS/c1-24-21-26-19(13-30-21)18-10-16(17(23)11-25-18)20(29)28-8-6-27(7-9-28)12-14-2-4-15(22)5-3-14/h2-5,10-11,13H,6-9,12H2,1H3,(H,24,26). The van der Waals surface area contributed by atoms with Crippen LogP contribution in [0.25, 0.3) is 11.4 Å². The third-order valence-electron chi connectivity index (χ3n) is 5.05. The molecule has 0 aliphatic carbocycles. The van der Waals surface area contributed by atoms with E-state index in [1.165, 1.54) is 23.1 Å². The summed E-state index contributed by atoms with van der Waals surface area (Å²) in [5.41, 5.74) is 3.04. The molecule has 1 saturated heterocycles. The molecule has 0 saturated carbocycles. The van der Waals surface area contributed by atoms with Gasteiger partial charge in [-0.05, 0) is 23.8 Å². The fourth-order valence-electron chi connectivity index (χ4n) is 3.38. The fraction of sp³-hybridized carbons (Fsp3) is 0.286. The summed E-state index contributed by atoms with van der Waals surface area (Å²) in [6.45, 7) is 3.77. The molecule has 4 rings (SSSR count). The summed E-state index contributed by atoms with van der Waals surface area (Å²) in [7, 11) is 1.82. The molecule has 156 valence electrons. The van der Waals surface area contributed by atoms with Crippen LogP contribution >= 0.6 is 34.5 Å². The number of benzene rings is 1. The highest BCUT2D eigenvalue weighted by Gasteiger charge is 2.24. The van der Waals surface area contributed by atoms with Crippen LogP contribution < -0.4 is 5.32 Å². The van der Waals surface area contributed by atoms with Crippen molar-refractivity contribution in [3.8, 4) is 11.4 Å². The van der Waals surface area contributed by atoms with E-state index in [-0.39, 0.29) is 5.91 Å². The normalized spacial score (nSPS) is 14.7. The maximum Gasteiger partial charge on any atom is 0.255 e. The van der Waals surface area contributed by atoms with Crippen LogP contribution in [0.1, 0.15) is 15.9 Å². The van der Waals surface area contributed by atoms with Crippen molar-refractivity contribution in [2.75, 3.05) is 38.5 Å². The third-order valence-corrected chi connectivity index (χ3v) is 6.46. The van der Waals surface area contributed by atoms with Crippen molar-refractivity contribution in [3.05, 3.63) is 63.1 Å². The lowest BCUT2D eigenvalue weighted by atomic mass is 10.1. The zero-order valence-corrected chi connectivity index (χ0v) is 18.8. The van der Waals surface area contributed by atoms with Crippen LogP contribution in [0, 0.1) is 0 Å². The molecule has 1 fully saturated rings. The smallest absolute Gasteiger partial charge is 0.255 e. The Bertz CT molecular complexity index is 1030. The first-order valence-electron chi connectivity index (χ1n) is 9.59. The second-order valence-electron chi connectivity index (χ2n) is 7.03. The van der Waals surface area contributed by atoms with Gasteiger partial charge in [0, 0.05) is 56.4 Å². The van der Waals surface area contributed by atoms with Gasteiger partial charge in [0.05, 0.1) is 16.3 Å². The molecule has 2 aromatic heterocycles. The highest BCUT2D eigenvalue weighted by Crippen LogP contribution is 2.27. The summed E-state index contributed by atoms with van der Waals surface area (Å²) in [6.07, 6.45) is 1.53. The zero-order chi connectivity index (χ0) is 21.1. The molecule has 1 N–H and O–H groups in total. The first kappa shape index (κ1) is 21.1. The molecular formula is C21H21Cl2N5OS. The molecule has 0 spiro atoms. The number of halogens is 2. The Morgan fingerprint density at radius 1 is 1.13 bits per heavy atom. The second-order valence-corrected chi connectivity index (χ2v) is 8.73. The Morgan fingerprint density at radius 2 is 1.87 bits per heavy atom. The molecule has 9 heteroatoms. The van der Waals surface area contributed by atoms with Crippen molar-refractivity contribution in [2.24, 2.45) is 0 Å². The molecule has 1 amide bonds. The number of piperazine rings is 1. The highest BCUT2D eigenvalue weighted by molar-refractivity contribution is 7.14. The van der Waals surface area contributed by atoms with Crippen molar-refractivity contribution < 1.29 is 4.79 Å². The Labute approximate surface area is 189 Å². The van der Waals surface area contributed by atoms with Gasteiger partial charge >= 0.3 is 0 Å². The van der Waals surface area contributed by atoms with Crippen LogP contribution in [0.5, 0.6) is 0 Å². The summed E-state index contributed by atoms with van der Waals surface area (Å²) in [5.74, 6) is -0.0705. The summed E-state index contributed by atoms with van der Waals surface area (Å²) in [5, 5.41) is 6.81. The molecule has 1 aliphatic heterocycles. The number of aromatic nitrogens is 2. The Kier molecular flexibility index (Phi) is 6.53. The lowest BCUT2D eigenvalue weighted by Gasteiger charge is -2.35. The van der Waals surface area contributed by atoms with Gasteiger partial charge in [0.2, 0.25) is 0 Å². The Balaban J connectivity index is 1.42. The molecule has 1 aromatic carbocycles. The number of carbonyl (C=O) groups excluding carboxylic acids is 1. The average molecular weight is 462 g/mol. The van der Waals surface area contributed by atoms with E-state index in [1.54, 1.807) is 6.07 Å². The molecule has 6 nitrogen and oxygen atoms in total. The maximum atomic E-state index is 13.1. The van der Waals surface area contributed by atoms with Crippen LogP contribution in [0.15, 0.2) is 41.9 Å². The van der Waals surface area contributed by atoms with Gasteiger partial charge in [0.15, 0.2) is 5.13 Å². The number of anilines is 1. The SMILES string of the molecule is CNc1nc(-c2cc(C(=O)N3CCN(Cc4ccc(Cl)cc4)CC3)c(Cl)cn2)cs1. The van der Waals surface area contributed by atoms with Gasteiger partial charge in [-0.3, -0.25) is 14.7 Å². The van der Waals surface area contributed by atoms with Crippen LogP contribution in [0.4, 0.5) is 5.13 Å². The number of hydrogen-bond acceptors (Lipinski definition) is 6. The number of thiazole rings is 1. The number of pyridine rings is 1. The van der Waals surface area contributed by atoms with E-state index in [1.807, 2.05) is 41.6 Å². The van der Waals surface area contributed by atoms with Gasteiger partial charge in [-0.15, -0.1) is 11.3 Å². The predicted octanol–water partition coefficient (Wildman–Crippen LogP) is 4.51. The van der Waals surface area contributed by atoms with E-state index in [0.29, 0.717) is 29.4 Å². The van der Waals surface area contributed by atoms with Crippen molar-refractivity contribution in [3.63, 3.8) is 0 Å². The maximum absolute atomic E-state index is 13.1. The molecule has 0 unspecified atom stereocenters. The Hall–Kier alpha value is -2.19. The van der Waals surface area contributed by atoms with Crippen LogP contribution in [-0.2, 0) is 6.54 Å². The number of nitrogens with zero attached hydrogens (tertiary/aromatic N) is 4. The number of hydrogen-bond donors (Lipinski definition) is 1. The highest BCUT2D eigenvalue weighted by atomic mass is 35.5.